The molecule has 0 aromatic heterocycles. The van der Waals surface area contributed by atoms with Gasteiger partial charge in [-0.15, -0.1) is 0 Å². The highest BCUT2D eigenvalue weighted by Crippen LogP contribution is 2.17. The molecule has 0 spiro atoms. The predicted octanol–water partition coefficient (Wildman–Crippen LogP) is 1.37. The monoisotopic (exact) mass is 255 g/mol. The normalized spacial score (nSPS) is 11.9. The number of carboxylic acid groups (broad SMARTS) is 1. The van der Waals surface area contributed by atoms with Crippen molar-refractivity contribution in [2.24, 2.45) is 5.92 Å². The topological polar surface area (TPSA) is 86.6 Å². The second-order valence-electron chi connectivity index (χ2n) is 4.07. The SMILES string of the molecule is CC(CNC(=O)c1cc(F)ccc1O)CC(=O)O. The molecular weight excluding hydrogens is 241 g/mol. The van der Waals surface area contributed by atoms with E-state index in [-0.39, 0.29) is 30.2 Å². The van der Waals surface area contributed by atoms with Crippen LogP contribution >= 0.6 is 0 Å². The Hall–Kier alpha value is -2.11. The number of aliphatic carboxylic acids is 1. The van der Waals surface area contributed by atoms with Crippen molar-refractivity contribution < 1.29 is 24.2 Å². The Kier molecular flexibility index (Phi) is 4.65. The Morgan fingerprint density at radius 2 is 2.11 bits per heavy atom. The van der Waals surface area contributed by atoms with Gasteiger partial charge in [0, 0.05) is 13.0 Å². The Labute approximate surface area is 103 Å². The van der Waals surface area contributed by atoms with Gasteiger partial charge in [-0.1, -0.05) is 6.92 Å². The molecule has 1 rings (SSSR count). The fraction of sp³-hybridized carbons (Fsp3) is 0.333. The number of nitrogens with one attached hydrogen (secondary N) is 1. The van der Waals surface area contributed by atoms with E-state index in [1.807, 2.05) is 0 Å². The van der Waals surface area contributed by atoms with E-state index in [2.05, 4.69) is 5.32 Å². The van der Waals surface area contributed by atoms with Crippen LogP contribution in [0.1, 0.15) is 23.7 Å². The van der Waals surface area contributed by atoms with Crippen molar-refractivity contribution in [3.63, 3.8) is 0 Å². The lowest BCUT2D eigenvalue weighted by molar-refractivity contribution is -0.137. The van der Waals surface area contributed by atoms with Gasteiger partial charge in [0.05, 0.1) is 5.56 Å². The summed E-state index contributed by atoms with van der Waals surface area (Å²) in [6.45, 7) is 1.81. The summed E-state index contributed by atoms with van der Waals surface area (Å²) in [7, 11) is 0. The number of phenolic OH excluding ortho intramolecular Hbond substituents is 1. The van der Waals surface area contributed by atoms with E-state index in [9.17, 15) is 19.1 Å². The van der Waals surface area contributed by atoms with Gasteiger partial charge < -0.3 is 15.5 Å². The predicted molar refractivity (Wildman–Crippen MR) is 61.8 cm³/mol. The maximum Gasteiger partial charge on any atom is 0.303 e. The van der Waals surface area contributed by atoms with E-state index in [4.69, 9.17) is 5.11 Å². The minimum absolute atomic E-state index is 0.0740. The lowest BCUT2D eigenvalue weighted by Gasteiger charge is -2.11. The third kappa shape index (κ3) is 4.04. The van der Waals surface area contributed by atoms with Gasteiger partial charge in [0.1, 0.15) is 11.6 Å². The van der Waals surface area contributed by atoms with E-state index in [0.29, 0.717) is 0 Å². The number of amides is 1. The molecule has 0 radical (unpaired) electrons. The molecule has 5 nitrogen and oxygen atoms in total. The van der Waals surface area contributed by atoms with Crippen LogP contribution in [0.25, 0.3) is 0 Å². The molecule has 0 aliphatic rings. The summed E-state index contributed by atoms with van der Waals surface area (Å²) >= 11 is 0. The third-order valence-electron chi connectivity index (χ3n) is 2.34. The van der Waals surface area contributed by atoms with Crippen LogP contribution in [-0.2, 0) is 4.79 Å². The summed E-state index contributed by atoms with van der Waals surface area (Å²) in [5, 5.41) is 20.4. The Morgan fingerprint density at radius 1 is 1.44 bits per heavy atom. The van der Waals surface area contributed by atoms with Gasteiger partial charge in [0.25, 0.3) is 5.91 Å². The van der Waals surface area contributed by atoms with E-state index < -0.39 is 17.7 Å². The number of carboxylic acids is 1. The van der Waals surface area contributed by atoms with Crippen LogP contribution in [0, 0.1) is 11.7 Å². The number of carbonyl (C=O) groups excluding carboxylic acids is 1. The average molecular weight is 255 g/mol. The molecule has 1 amide bonds. The molecule has 0 heterocycles. The molecule has 1 aromatic rings. The molecule has 6 heteroatoms. The van der Waals surface area contributed by atoms with Crippen LogP contribution in [0.15, 0.2) is 18.2 Å². The second kappa shape index (κ2) is 6.00. The zero-order chi connectivity index (χ0) is 13.7. The summed E-state index contributed by atoms with van der Waals surface area (Å²) in [5.74, 6) is -2.78. The number of halogens is 1. The molecule has 0 saturated carbocycles. The van der Waals surface area contributed by atoms with E-state index in [0.717, 1.165) is 18.2 Å². The molecule has 3 N–H and O–H groups in total. The van der Waals surface area contributed by atoms with E-state index in [1.54, 1.807) is 6.92 Å². The molecule has 0 saturated heterocycles. The zero-order valence-corrected chi connectivity index (χ0v) is 9.81. The van der Waals surface area contributed by atoms with Crippen LogP contribution in [0.2, 0.25) is 0 Å². The van der Waals surface area contributed by atoms with Crippen LogP contribution < -0.4 is 5.32 Å². The molecule has 18 heavy (non-hydrogen) atoms. The van der Waals surface area contributed by atoms with Gasteiger partial charge in [-0.3, -0.25) is 9.59 Å². The van der Waals surface area contributed by atoms with Crippen LogP contribution in [0.3, 0.4) is 0 Å². The first-order valence-corrected chi connectivity index (χ1v) is 5.38. The van der Waals surface area contributed by atoms with Crippen molar-refractivity contribution in [1.29, 1.82) is 0 Å². The molecule has 1 atom stereocenters. The standard InChI is InChI=1S/C12H14FNO4/c1-7(4-11(16)17)6-14-12(18)9-5-8(13)2-3-10(9)15/h2-3,5,7,15H,4,6H2,1H3,(H,14,18)(H,16,17). The van der Waals surface area contributed by atoms with Crippen molar-refractivity contribution in [3.05, 3.63) is 29.6 Å². The molecule has 1 aromatic carbocycles. The van der Waals surface area contributed by atoms with Gasteiger partial charge in [-0.05, 0) is 24.1 Å². The minimum atomic E-state index is -0.953. The zero-order valence-electron chi connectivity index (χ0n) is 9.81. The van der Waals surface area contributed by atoms with Gasteiger partial charge in [0.15, 0.2) is 0 Å². The number of carbonyl (C=O) groups is 2. The summed E-state index contributed by atoms with van der Waals surface area (Å²) in [5.41, 5.74) is -0.169. The highest BCUT2D eigenvalue weighted by Gasteiger charge is 2.14. The smallest absolute Gasteiger partial charge is 0.303 e. The maximum atomic E-state index is 12.9. The third-order valence-corrected chi connectivity index (χ3v) is 2.34. The Morgan fingerprint density at radius 3 is 2.72 bits per heavy atom. The lowest BCUT2D eigenvalue weighted by Crippen LogP contribution is -2.29. The first-order chi connectivity index (χ1) is 8.40. The van der Waals surface area contributed by atoms with Crippen LogP contribution in [0.4, 0.5) is 4.39 Å². The molecule has 0 bridgehead atoms. The number of benzene rings is 1. The largest absolute Gasteiger partial charge is 0.507 e. The lowest BCUT2D eigenvalue weighted by atomic mass is 10.1. The van der Waals surface area contributed by atoms with E-state index >= 15 is 0 Å². The van der Waals surface area contributed by atoms with Crippen molar-refractivity contribution in [3.8, 4) is 5.75 Å². The number of phenols is 1. The Bertz CT molecular complexity index is 461. The molecule has 0 aliphatic heterocycles. The van der Waals surface area contributed by atoms with Crippen molar-refractivity contribution in [2.45, 2.75) is 13.3 Å². The molecule has 98 valence electrons. The summed E-state index contributed by atoms with van der Waals surface area (Å²) in [6.07, 6.45) is -0.0740. The highest BCUT2D eigenvalue weighted by molar-refractivity contribution is 5.96. The van der Waals surface area contributed by atoms with Gasteiger partial charge in [-0.25, -0.2) is 4.39 Å². The highest BCUT2D eigenvalue weighted by atomic mass is 19.1. The Balaban J connectivity index is 2.60. The fourth-order valence-electron chi connectivity index (χ4n) is 1.42. The molecular formula is C12H14FNO4. The minimum Gasteiger partial charge on any atom is -0.507 e. The fourth-order valence-corrected chi connectivity index (χ4v) is 1.42. The van der Waals surface area contributed by atoms with Gasteiger partial charge in [0.2, 0.25) is 0 Å². The molecule has 0 fully saturated rings. The van der Waals surface area contributed by atoms with Crippen molar-refractivity contribution >= 4 is 11.9 Å². The van der Waals surface area contributed by atoms with Crippen molar-refractivity contribution in [2.75, 3.05) is 6.54 Å². The maximum absolute atomic E-state index is 12.9. The van der Waals surface area contributed by atoms with Gasteiger partial charge >= 0.3 is 5.97 Å². The summed E-state index contributed by atoms with van der Waals surface area (Å²) in [4.78, 5) is 22.0. The quantitative estimate of drug-likeness (QED) is 0.741. The second-order valence-corrected chi connectivity index (χ2v) is 4.07. The first-order valence-electron chi connectivity index (χ1n) is 5.38. The van der Waals surface area contributed by atoms with Crippen molar-refractivity contribution in [1.82, 2.24) is 5.32 Å². The van der Waals surface area contributed by atoms with Gasteiger partial charge in [-0.2, -0.15) is 0 Å². The number of rotatable bonds is 5. The number of hydrogen-bond acceptors (Lipinski definition) is 3. The number of aromatic hydroxyl groups is 1. The summed E-state index contributed by atoms with van der Waals surface area (Å²) in [6, 6.07) is 3.05. The molecule has 0 aliphatic carbocycles. The number of hydrogen-bond donors (Lipinski definition) is 3. The average Bonchev–Trinajstić information content (AvgIpc) is 2.28. The van der Waals surface area contributed by atoms with Crippen LogP contribution in [-0.4, -0.2) is 28.6 Å². The first kappa shape index (κ1) is 14.0. The van der Waals surface area contributed by atoms with Crippen LogP contribution in [0.5, 0.6) is 5.75 Å². The molecule has 1 unspecified atom stereocenters. The van der Waals surface area contributed by atoms with E-state index in [1.165, 1.54) is 0 Å². The summed E-state index contributed by atoms with van der Waals surface area (Å²) < 4.78 is 12.9.